The molecule has 0 saturated carbocycles. The average Bonchev–Trinajstić information content (AvgIpc) is 2.67. The Balaban J connectivity index is 2.61. The number of phenols is 1. The van der Waals surface area contributed by atoms with E-state index in [1.54, 1.807) is 16.8 Å². The minimum atomic E-state index is -0.393. The fourth-order valence-electron chi connectivity index (χ4n) is 1.90. The summed E-state index contributed by atoms with van der Waals surface area (Å²) in [6, 6.07) is 4.69. The van der Waals surface area contributed by atoms with Crippen LogP contribution in [-0.2, 0) is 16.1 Å². The van der Waals surface area contributed by atoms with Crippen LogP contribution < -0.4 is 0 Å². The Labute approximate surface area is 104 Å². The molecule has 94 valence electrons. The summed E-state index contributed by atoms with van der Waals surface area (Å²) >= 11 is 0. The van der Waals surface area contributed by atoms with E-state index >= 15 is 0 Å². The zero-order valence-corrected chi connectivity index (χ0v) is 10.1. The fraction of sp³-hybridized carbons (Fsp3) is 0.231. The first-order valence-corrected chi connectivity index (χ1v) is 5.42. The first kappa shape index (κ1) is 12.2. The molecule has 2 aromatic rings. The van der Waals surface area contributed by atoms with Gasteiger partial charge in [0.25, 0.3) is 0 Å². The third-order valence-corrected chi connectivity index (χ3v) is 2.77. The molecule has 0 aliphatic carbocycles. The number of ketones is 1. The number of methoxy groups -OCH3 is 1. The number of esters is 1. The molecule has 0 bridgehead atoms. The van der Waals surface area contributed by atoms with Crippen molar-refractivity contribution in [3.8, 4) is 5.75 Å². The highest BCUT2D eigenvalue weighted by molar-refractivity contribution is 6.07. The summed E-state index contributed by atoms with van der Waals surface area (Å²) in [4.78, 5) is 22.8. The predicted octanol–water partition coefficient (Wildman–Crippen LogP) is 1.72. The third kappa shape index (κ3) is 2.07. The van der Waals surface area contributed by atoms with Crippen LogP contribution in [-0.4, -0.2) is 28.5 Å². The van der Waals surface area contributed by atoms with Gasteiger partial charge in [0, 0.05) is 22.7 Å². The smallest absolute Gasteiger partial charge is 0.325 e. The van der Waals surface area contributed by atoms with Crippen molar-refractivity contribution in [3.05, 3.63) is 30.0 Å². The van der Waals surface area contributed by atoms with Gasteiger partial charge in [-0.1, -0.05) is 0 Å². The van der Waals surface area contributed by atoms with Gasteiger partial charge in [-0.2, -0.15) is 0 Å². The number of hydrogen-bond donors (Lipinski definition) is 1. The number of hydrogen-bond acceptors (Lipinski definition) is 4. The van der Waals surface area contributed by atoms with Gasteiger partial charge in [-0.05, 0) is 25.1 Å². The molecule has 1 aromatic heterocycles. The summed E-state index contributed by atoms with van der Waals surface area (Å²) in [7, 11) is 1.31. The third-order valence-electron chi connectivity index (χ3n) is 2.77. The van der Waals surface area contributed by atoms with Crippen LogP contribution in [0.25, 0.3) is 10.9 Å². The number of carbonyl (C=O) groups excluding carboxylic acids is 2. The molecule has 5 nitrogen and oxygen atoms in total. The second kappa shape index (κ2) is 4.52. The highest BCUT2D eigenvalue weighted by Gasteiger charge is 2.14. The van der Waals surface area contributed by atoms with E-state index < -0.39 is 5.97 Å². The number of fused-ring (bicyclic) bond motifs is 1. The Morgan fingerprint density at radius 2 is 2.11 bits per heavy atom. The molecule has 0 amide bonds. The van der Waals surface area contributed by atoms with E-state index in [9.17, 15) is 14.7 Å². The SMILES string of the molecule is COC(=O)Cn1cc(C(C)=O)c2cc(O)ccc21. The van der Waals surface area contributed by atoms with Gasteiger partial charge in [0.1, 0.15) is 12.3 Å². The van der Waals surface area contributed by atoms with Crippen molar-refractivity contribution in [2.45, 2.75) is 13.5 Å². The van der Waals surface area contributed by atoms with Gasteiger partial charge in [-0.3, -0.25) is 9.59 Å². The Bertz CT molecular complexity index is 627. The second-order valence-electron chi connectivity index (χ2n) is 4.00. The van der Waals surface area contributed by atoms with E-state index in [-0.39, 0.29) is 18.1 Å². The molecule has 0 aliphatic rings. The first-order chi connectivity index (χ1) is 8.52. The summed E-state index contributed by atoms with van der Waals surface area (Å²) in [6.45, 7) is 1.48. The van der Waals surface area contributed by atoms with Crippen LogP contribution in [0, 0.1) is 0 Å². The van der Waals surface area contributed by atoms with Gasteiger partial charge < -0.3 is 14.4 Å². The summed E-state index contributed by atoms with van der Waals surface area (Å²) in [5.41, 5.74) is 1.19. The van der Waals surface area contributed by atoms with Crippen molar-refractivity contribution in [1.29, 1.82) is 0 Å². The van der Waals surface area contributed by atoms with Crippen LogP contribution in [0.4, 0.5) is 0 Å². The largest absolute Gasteiger partial charge is 0.508 e. The Kier molecular flexibility index (Phi) is 3.06. The zero-order valence-electron chi connectivity index (χ0n) is 10.1. The monoisotopic (exact) mass is 247 g/mol. The summed E-state index contributed by atoms with van der Waals surface area (Å²) in [6.07, 6.45) is 1.60. The maximum atomic E-state index is 11.5. The van der Waals surface area contributed by atoms with Gasteiger partial charge in [-0.25, -0.2) is 0 Å². The Morgan fingerprint density at radius 1 is 1.39 bits per heavy atom. The van der Waals surface area contributed by atoms with Gasteiger partial charge in [0.05, 0.1) is 7.11 Å². The minimum Gasteiger partial charge on any atom is -0.508 e. The lowest BCUT2D eigenvalue weighted by molar-refractivity contribution is -0.141. The molecule has 0 unspecified atom stereocenters. The van der Waals surface area contributed by atoms with Gasteiger partial charge in [0.2, 0.25) is 0 Å². The van der Waals surface area contributed by atoms with E-state index in [0.717, 1.165) is 0 Å². The lowest BCUT2D eigenvalue weighted by Gasteiger charge is -2.03. The Hall–Kier alpha value is -2.30. The van der Waals surface area contributed by atoms with Gasteiger partial charge in [-0.15, -0.1) is 0 Å². The van der Waals surface area contributed by atoms with E-state index in [2.05, 4.69) is 4.74 Å². The molecule has 18 heavy (non-hydrogen) atoms. The maximum Gasteiger partial charge on any atom is 0.325 e. The number of phenolic OH excluding ortho intramolecular Hbond substituents is 1. The number of aromatic hydroxyl groups is 1. The average molecular weight is 247 g/mol. The van der Waals surface area contributed by atoms with Crippen LogP contribution in [0.1, 0.15) is 17.3 Å². The molecule has 2 rings (SSSR count). The molecule has 0 saturated heterocycles. The standard InChI is InChI=1S/C13H13NO4/c1-8(15)11-6-14(7-13(17)18-2)12-4-3-9(16)5-10(11)12/h3-6,16H,7H2,1-2H3. The number of aromatic nitrogens is 1. The number of benzene rings is 1. The van der Waals surface area contributed by atoms with Crippen molar-refractivity contribution in [2.24, 2.45) is 0 Å². The topological polar surface area (TPSA) is 68.5 Å². The summed E-state index contributed by atoms with van der Waals surface area (Å²) in [5.74, 6) is -0.426. The summed E-state index contributed by atoms with van der Waals surface area (Å²) in [5, 5.41) is 10.1. The number of ether oxygens (including phenoxy) is 1. The molecular formula is C13H13NO4. The molecular weight excluding hydrogens is 234 g/mol. The molecule has 1 aromatic carbocycles. The number of Topliss-reactive ketones (excluding diaryl/α,β-unsaturated/α-hetero) is 1. The first-order valence-electron chi connectivity index (χ1n) is 5.42. The lowest BCUT2D eigenvalue weighted by atomic mass is 10.1. The van der Waals surface area contributed by atoms with Gasteiger partial charge >= 0.3 is 5.97 Å². The molecule has 0 spiro atoms. The Morgan fingerprint density at radius 3 is 2.72 bits per heavy atom. The van der Waals surface area contributed by atoms with E-state index in [1.807, 2.05) is 0 Å². The lowest BCUT2D eigenvalue weighted by Crippen LogP contribution is -2.10. The highest BCUT2D eigenvalue weighted by atomic mass is 16.5. The second-order valence-corrected chi connectivity index (χ2v) is 4.00. The van der Waals surface area contributed by atoms with E-state index in [1.165, 1.54) is 26.2 Å². The molecule has 1 N–H and O–H groups in total. The van der Waals surface area contributed by atoms with Crippen LogP contribution in [0.15, 0.2) is 24.4 Å². The van der Waals surface area contributed by atoms with Crippen LogP contribution in [0.3, 0.4) is 0 Å². The maximum absolute atomic E-state index is 11.5. The quantitative estimate of drug-likeness (QED) is 0.662. The van der Waals surface area contributed by atoms with Crippen molar-refractivity contribution in [3.63, 3.8) is 0 Å². The highest BCUT2D eigenvalue weighted by Crippen LogP contribution is 2.25. The van der Waals surface area contributed by atoms with Crippen molar-refractivity contribution >= 4 is 22.7 Å². The van der Waals surface area contributed by atoms with Crippen molar-refractivity contribution in [2.75, 3.05) is 7.11 Å². The van der Waals surface area contributed by atoms with Crippen molar-refractivity contribution in [1.82, 2.24) is 4.57 Å². The van der Waals surface area contributed by atoms with E-state index in [0.29, 0.717) is 16.5 Å². The molecule has 0 atom stereocenters. The number of rotatable bonds is 3. The predicted molar refractivity (Wildman–Crippen MR) is 65.6 cm³/mol. The normalized spacial score (nSPS) is 10.6. The van der Waals surface area contributed by atoms with Crippen molar-refractivity contribution < 1.29 is 19.4 Å². The minimum absolute atomic E-state index is 0.0328. The van der Waals surface area contributed by atoms with Crippen LogP contribution in [0.2, 0.25) is 0 Å². The van der Waals surface area contributed by atoms with Crippen LogP contribution >= 0.6 is 0 Å². The molecule has 0 radical (unpaired) electrons. The molecule has 5 heteroatoms. The summed E-state index contributed by atoms with van der Waals surface area (Å²) < 4.78 is 6.24. The number of nitrogens with zero attached hydrogens (tertiary/aromatic N) is 1. The molecule has 0 fully saturated rings. The van der Waals surface area contributed by atoms with Gasteiger partial charge in [0.15, 0.2) is 5.78 Å². The fourth-order valence-corrected chi connectivity index (χ4v) is 1.90. The molecule has 1 heterocycles. The van der Waals surface area contributed by atoms with Crippen LogP contribution in [0.5, 0.6) is 5.75 Å². The molecule has 0 aliphatic heterocycles. The number of carbonyl (C=O) groups is 2. The zero-order chi connectivity index (χ0) is 13.3. The van der Waals surface area contributed by atoms with E-state index in [4.69, 9.17) is 0 Å².